The fourth-order valence-electron chi connectivity index (χ4n) is 8.16. The largest absolute Gasteiger partial charge is 0.504 e. The van der Waals surface area contributed by atoms with Gasteiger partial charge in [0.2, 0.25) is 5.43 Å². The molecule has 1 heterocycles. The second kappa shape index (κ2) is 14.5. The summed E-state index contributed by atoms with van der Waals surface area (Å²) in [5.41, 5.74) is 1.60. The zero-order valence-corrected chi connectivity index (χ0v) is 31.3. The third-order valence-electron chi connectivity index (χ3n) is 11.1. The number of carbonyl (C=O) groups is 2. The van der Waals surface area contributed by atoms with Crippen molar-refractivity contribution in [2.24, 2.45) is 16.7 Å². The molecule has 6 heteroatoms. The molecule has 0 saturated heterocycles. The number of phenols is 2. The Labute approximate surface area is 292 Å². The Kier molecular flexibility index (Phi) is 11.2. The van der Waals surface area contributed by atoms with Crippen molar-refractivity contribution in [1.82, 2.24) is 0 Å². The van der Waals surface area contributed by atoms with E-state index in [-0.39, 0.29) is 46.8 Å². The van der Waals surface area contributed by atoms with E-state index >= 15 is 9.59 Å². The smallest absolute Gasteiger partial charge is 0.204 e. The second-order valence-corrected chi connectivity index (χ2v) is 15.8. The number of carbonyl (C=O) groups excluding carboxylic acids is 2. The molecular formula is C43H56O6. The summed E-state index contributed by atoms with van der Waals surface area (Å²) in [6, 6.07) is 2.36. The number of allylic oxidation sites excluding steroid dienone is 10. The second-order valence-electron chi connectivity index (χ2n) is 15.8. The summed E-state index contributed by atoms with van der Waals surface area (Å²) in [6.45, 7) is 20.6. The monoisotopic (exact) mass is 668 g/mol. The zero-order valence-electron chi connectivity index (χ0n) is 31.3. The Morgan fingerprint density at radius 1 is 0.796 bits per heavy atom. The molecule has 0 amide bonds. The number of hydrogen-bond acceptors (Lipinski definition) is 6. The lowest BCUT2D eigenvalue weighted by atomic mass is 9.38. The highest BCUT2D eigenvalue weighted by atomic mass is 16.3. The minimum Gasteiger partial charge on any atom is -0.504 e. The van der Waals surface area contributed by atoms with Gasteiger partial charge in [-0.05, 0) is 131 Å². The molecule has 2 aliphatic carbocycles. The van der Waals surface area contributed by atoms with Gasteiger partial charge in [0.15, 0.2) is 23.1 Å². The van der Waals surface area contributed by atoms with Crippen LogP contribution in [-0.4, -0.2) is 21.8 Å². The lowest BCUT2D eigenvalue weighted by molar-refractivity contribution is -0.153. The van der Waals surface area contributed by atoms with Gasteiger partial charge in [0, 0.05) is 6.07 Å². The molecule has 2 N–H and O–H groups in total. The summed E-state index contributed by atoms with van der Waals surface area (Å²) in [5, 5.41) is 20.8. The van der Waals surface area contributed by atoms with Crippen LogP contribution in [0.5, 0.6) is 11.5 Å². The van der Waals surface area contributed by atoms with Crippen molar-refractivity contribution in [1.29, 1.82) is 0 Å². The van der Waals surface area contributed by atoms with Gasteiger partial charge >= 0.3 is 0 Å². The SMILES string of the molecule is CC(C)=CCCC(C)=CC[C@H]1C[C@]2(CC=C(C)C)C(=O)c3c(oc4cc(O)c(O)cc4c3=O)[C@@](CC=C(C)C)(C2=O)[C@]1(C)CCC=C(C)C. The topological polar surface area (TPSA) is 105 Å². The maximum atomic E-state index is 15.7. The van der Waals surface area contributed by atoms with E-state index in [1.54, 1.807) is 0 Å². The summed E-state index contributed by atoms with van der Waals surface area (Å²) in [6.07, 6.45) is 15.5. The van der Waals surface area contributed by atoms with E-state index in [9.17, 15) is 15.0 Å². The van der Waals surface area contributed by atoms with Crippen molar-refractivity contribution in [3.05, 3.63) is 91.9 Å². The molecular weight excluding hydrogens is 612 g/mol. The van der Waals surface area contributed by atoms with Crippen molar-refractivity contribution < 1.29 is 24.2 Å². The van der Waals surface area contributed by atoms with Crippen LogP contribution in [0.25, 0.3) is 11.0 Å². The van der Waals surface area contributed by atoms with Crippen molar-refractivity contribution >= 4 is 22.5 Å². The first-order valence-electron chi connectivity index (χ1n) is 17.7. The maximum Gasteiger partial charge on any atom is 0.204 e. The normalized spacial score (nSPS) is 24.7. The van der Waals surface area contributed by atoms with Crippen LogP contribution in [0.1, 0.15) is 137 Å². The van der Waals surface area contributed by atoms with Gasteiger partial charge in [-0.15, -0.1) is 0 Å². The number of ketones is 2. The standard InChI is InChI=1S/C43H56O6/c1-26(2)13-11-15-30(9)16-17-31-25-42(21-18-28(5)6)38(47)36-37(46)32-23-33(44)34(45)24-35(32)49-39(36)43(40(42)48,22-19-29(7)8)41(31,10)20-12-14-27(3)4/h13-14,16,18-19,23-24,31,44-45H,11-12,15,17,20-22,25H2,1-10H3/t31-,41+,42+,43-/m0/s1. The molecule has 6 nitrogen and oxygen atoms in total. The minimum absolute atomic E-state index is 0.00210. The third kappa shape index (κ3) is 6.93. The van der Waals surface area contributed by atoms with Gasteiger partial charge in [0.25, 0.3) is 0 Å². The van der Waals surface area contributed by atoms with E-state index in [1.165, 1.54) is 22.8 Å². The van der Waals surface area contributed by atoms with Gasteiger partial charge < -0.3 is 14.6 Å². The van der Waals surface area contributed by atoms with Gasteiger partial charge in [-0.1, -0.05) is 65.2 Å². The van der Waals surface area contributed by atoms with Crippen molar-refractivity contribution in [2.45, 2.75) is 126 Å². The van der Waals surface area contributed by atoms with E-state index in [0.717, 1.165) is 36.5 Å². The highest BCUT2D eigenvalue weighted by Gasteiger charge is 2.73. The number of Topliss-reactive ketones (excluding diaryl/α,β-unsaturated/α-hetero) is 2. The van der Waals surface area contributed by atoms with E-state index in [1.807, 2.05) is 39.8 Å². The van der Waals surface area contributed by atoms with Crippen LogP contribution >= 0.6 is 0 Å². The van der Waals surface area contributed by atoms with Crippen LogP contribution in [0.4, 0.5) is 0 Å². The summed E-state index contributed by atoms with van der Waals surface area (Å²) < 4.78 is 6.61. The summed E-state index contributed by atoms with van der Waals surface area (Å²) in [7, 11) is 0. The van der Waals surface area contributed by atoms with E-state index < -0.39 is 39.0 Å². The van der Waals surface area contributed by atoms with E-state index in [0.29, 0.717) is 19.3 Å². The van der Waals surface area contributed by atoms with Gasteiger partial charge in [0.1, 0.15) is 16.9 Å². The van der Waals surface area contributed by atoms with Gasteiger partial charge in [-0.25, -0.2) is 0 Å². The first-order valence-corrected chi connectivity index (χ1v) is 17.7. The Morgan fingerprint density at radius 3 is 1.98 bits per heavy atom. The van der Waals surface area contributed by atoms with Crippen LogP contribution < -0.4 is 5.43 Å². The number of hydrogen-bond donors (Lipinski definition) is 2. The molecule has 0 unspecified atom stereocenters. The molecule has 0 radical (unpaired) electrons. The van der Waals surface area contributed by atoms with Crippen molar-refractivity contribution in [3.8, 4) is 11.5 Å². The Morgan fingerprint density at radius 2 is 1.37 bits per heavy atom. The average molecular weight is 669 g/mol. The highest BCUT2D eigenvalue weighted by Crippen LogP contribution is 2.67. The van der Waals surface area contributed by atoms with E-state index in [4.69, 9.17) is 4.42 Å². The summed E-state index contributed by atoms with van der Waals surface area (Å²) in [5.74, 6) is -1.58. The number of benzene rings is 1. The molecule has 1 saturated carbocycles. The highest BCUT2D eigenvalue weighted by molar-refractivity contribution is 6.23. The number of phenolic OH excluding ortho intramolecular Hbond substituents is 2. The van der Waals surface area contributed by atoms with Crippen molar-refractivity contribution in [3.63, 3.8) is 0 Å². The van der Waals surface area contributed by atoms with Crippen LogP contribution in [0.3, 0.4) is 0 Å². The molecule has 0 aliphatic heterocycles. The molecule has 0 spiro atoms. The predicted molar refractivity (Wildman–Crippen MR) is 199 cm³/mol. The molecule has 2 aromatic rings. The Hall–Kier alpha value is -3.93. The number of fused-ring (bicyclic) bond motifs is 5. The quantitative estimate of drug-likeness (QED) is 0.132. The molecule has 4 atom stereocenters. The lowest BCUT2D eigenvalue weighted by Crippen LogP contribution is -2.68. The molecule has 2 bridgehead atoms. The third-order valence-corrected chi connectivity index (χ3v) is 11.1. The molecule has 1 fully saturated rings. The van der Waals surface area contributed by atoms with Gasteiger partial charge in [-0.3, -0.25) is 14.4 Å². The maximum absolute atomic E-state index is 15.7. The van der Waals surface area contributed by atoms with Gasteiger partial charge in [0.05, 0.1) is 16.2 Å². The Balaban J connectivity index is 2.14. The molecule has 264 valence electrons. The summed E-state index contributed by atoms with van der Waals surface area (Å²) in [4.78, 5) is 45.1. The first kappa shape index (κ1) is 37.9. The van der Waals surface area contributed by atoms with Crippen LogP contribution in [0, 0.1) is 16.7 Å². The Bertz CT molecular complexity index is 1850. The lowest BCUT2D eigenvalue weighted by Gasteiger charge is -2.61. The molecule has 1 aromatic carbocycles. The predicted octanol–water partition coefficient (Wildman–Crippen LogP) is 10.8. The van der Waals surface area contributed by atoms with Crippen LogP contribution in [0.15, 0.2) is 79.6 Å². The number of rotatable bonds is 12. The minimum atomic E-state index is -1.45. The molecule has 1 aromatic heterocycles. The fraction of sp³-hybridized carbons (Fsp3) is 0.512. The molecule has 2 aliphatic rings. The van der Waals surface area contributed by atoms with Crippen LogP contribution in [-0.2, 0) is 10.2 Å². The van der Waals surface area contributed by atoms with E-state index in [2.05, 4.69) is 59.8 Å². The fourth-order valence-corrected chi connectivity index (χ4v) is 8.16. The zero-order chi connectivity index (χ0) is 36.5. The molecule has 4 rings (SSSR count). The van der Waals surface area contributed by atoms with Crippen LogP contribution in [0.2, 0.25) is 0 Å². The number of aromatic hydroxyl groups is 2. The molecule has 49 heavy (non-hydrogen) atoms. The average Bonchev–Trinajstić information content (AvgIpc) is 3.00. The first-order chi connectivity index (χ1) is 22.9. The van der Waals surface area contributed by atoms with Crippen molar-refractivity contribution in [2.75, 3.05) is 0 Å². The summed E-state index contributed by atoms with van der Waals surface area (Å²) >= 11 is 0. The van der Waals surface area contributed by atoms with Gasteiger partial charge in [-0.2, -0.15) is 0 Å².